The van der Waals surface area contributed by atoms with Crippen molar-refractivity contribution in [3.05, 3.63) is 41.3 Å². The summed E-state index contributed by atoms with van der Waals surface area (Å²) >= 11 is 0. The lowest BCUT2D eigenvalue weighted by Crippen LogP contribution is -2.43. The van der Waals surface area contributed by atoms with Gasteiger partial charge in [0.05, 0.1) is 5.69 Å². The number of nitrogens with two attached hydrogens (primary N) is 1. The lowest BCUT2D eigenvalue weighted by Gasteiger charge is -2.29. The molecule has 0 amide bonds. The molecule has 2 aromatic heterocycles. The van der Waals surface area contributed by atoms with Crippen molar-refractivity contribution in [1.82, 2.24) is 20.2 Å². The Morgan fingerprint density at radius 1 is 1.14 bits per heavy atom. The van der Waals surface area contributed by atoms with Gasteiger partial charge in [-0.15, -0.1) is 0 Å². The van der Waals surface area contributed by atoms with Crippen LogP contribution < -0.4 is 16.4 Å². The molecule has 5 N–H and O–H groups in total. The van der Waals surface area contributed by atoms with Crippen LogP contribution in [0.15, 0.2) is 24.3 Å². The summed E-state index contributed by atoms with van der Waals surface area (Å²) < 4.78 is 13.2. The van der Waals surface area contributed by atoms with Crippen LogP contribution in [-0.4, -0.2) is 32.2 Å². The molecule has 7 nitrogen and oxygen atoms in total. The van der Waals surface area contributed by atoms with E-state index >= 15 is 0 Å². The zero-order valence-corrected chi connectivity index (χ0v) is 16.9. The third-order valence-electron chi connectivity index (χ3n) is 5.51. The summed E-state index contributed by atoms with van der Waals surface area (Å²) in [5.41, 5.74) is 9.75. The fraction of sp³-hybridized carbons (Fsp3) is 0.476. The Morgan fingerprint density at radius 2 is 1.90 bits per heavy atom. The van der Waals surface area contributed by atoms with Gasteiger partial charge in [-0.3, -0.25) is 5.10 Å². The molecule has 1 saturated carbocycles. The number of benzene rings is 1. The number of nitrogens with zero attached hydrogens (tertiary/aromatic N) is 3. The molecule has 0 saturated heterocycles. The van der Waals surface area contributed by atoms with E-state index in [2.05, 4.69) is 39.7 Å². The first-order valence-corrected chi connectivity index (χ1v) is 10.3. The van der Waals surface area contributed by atoms with Crippen molar-refractivity contribution in [1.29, 1.82) is 0 Å². The van der Waals surface area contributed by atoms with E-state index in [9.17, 15) is 4.39 Å². The van der Waals surface area contributed by atoms with Gasteiger partial charge >= 0.3 is 0 Å². The normalized spacial score (nSPS) is 19.6. The minimum absolute atomic E-state index is 0.104. The average Bonchev–Trinajstić information content (AvgIpc) is 3.13. The molecule has 1 aromatic carbocycles. The first-order valence-electron chi connectivity index (χ1n) is 10.3. The monoisotopic (exact) mass is 397 g/mol. The Bertz CT molecular complexity index is 967. The molecule has 0 aliphatic heterocycles. The SMILES string of the molecule is CC(C)c1[nH]nc2c(NCc3ccc(F)cc3)nc(NC3CCCCC3N)nc12. The molecular weight excluding hydrogens is 369 g/mol. The molecule has 1 aliphatic rings. The maximum Gasteiger partial charge on any atom is 0.225 e. The summed E-state index contributed by atoms with van der Waals surface area (Å²) in [4.78, 5) is 9.44. The second-order valence-electron chi connectivity index (χ2n) is 8.06. The Labute approximate surface area is 169 Å². The zero-order valence-electron chi connectivity index (χ0n) is 16.9. The fourth-order valence-corrected chi connectivity index (χ4v) is 3.80. The molecule has 0 spiro atoms. The number of aromatic amines is 1. The summed E-state index contributed by atoms with van der Waals surface area (Å²) in [6.07, 6.45) is 4.36. The number of rotatable bonds is 6. The second-order valence-corrected chi connectivity index (χ2v) is 8.06. The molecule has 8 heteroatoms. The van der Waals surface area contributed by atoms with Crippen molar-refractivity contribution in [3.8, 4) is 0 Å². The van der Waals surface area contributed by atoms with E-state index in [0.717, 1.165) is 36.0 Å². The van der Waals surface area contributed by atoms with Crippen LogP contribution in [0.5, 0.6) is 0 Å². The molecule has 0 radical (unpaired) electrons. The van der Waals surface area contributed by atoms with Gasteiger partial charge < -0.3 is 16.4 Å². The molecule has 2 heterocycles. The summed E-state index contributed by atoms with van der Waals surface area (Å²) in [5.74, 6) is 1.21. The van der Waals surface area contributed by atoms with Gasteiger partial charge in [-0.1, -0.05) is 38.8 Å². The number of hydrogen-bond donors (Lipinski definition) is 4. The first kappa shape index (κ1) is 19.6. The third kappa shape index (κ3) is 4.32. The number of H-pyrrole nitrogens is 1. The van der Waals surface area contributed by atoms with Gasteiger partial charge in [-0.2, -0.15) is 10.1 Å². The number of fused-ring (bicyclic) bond motifs is 1. The van der Waals surface area contributed by atoms with Crippen LogP contribution in [0, 0.1) is 5.82 Å². The smallest absolute Gasteiger partial charge is 0.225 e. The van der Waals surface area contributed by atoms with Crippen molar-refractivity contribution in [3.63, 3.8) is 0 Å². The molecule has 2 atom stereocenters. The number of aromatic nitrogens is 4. The highest BCUT2D eigenvalue weighted by Crippen LogP contribution is 2.28. The molecule has 154 valence electrons. The van der Waals surface area contributed by atoms with E-state index in [1.807, 2.05) is 0 Å². The third-order valence-corrected chi connectivity index (χ3v) is 5.51. The van der Waals surface area contributed by atoms with Crippen molar-refractivity contribution in [2.45, 2.75) is 64.1 Å². The number of anilines is 2. The van der Waals surface area contributed by atoms with Gasteiger partial charge in [0.25, 0.3) is 0 Å². The van der Waals surface area contributed by atoms with Crippen LogP contribution in [0.2, 0.25) is 0 Å². The first-order chi connectivity index (χ1) is 14.0. The molecule has 1 aliphatic carbocycles. The Kier molecular flexibility index (Phi) is 5.62. The topological polar surface area (TPSA) is 105 Å². The largest absolute Gasteiger partial charge is 0.364 e. The Morgan fingerprint density at radius 3 is 2.62 bits per heavy atom. The van der Waals surface area contributed by atoms with Gasteiger partial charge in [-0.05, 0) is 36.5 Å². The van der Waals surface area contributed by atoms with Gasteiger partial charge in [0.15, 0.2) is 11.3 Å². The molecule has 1 fully saturated rings. The second kappa shape index (κ2) is 8.32. The molecular formula is C21H28FN7. The average molecular weight is 398 g/mol. The van der Waals surface area contributed by atoms with Gasteiger partial charge in [-0.25, -0.2) is 9.37 Å². The van der Waals surface area contributed by atoms with E-state index in [4.69, 9.17) is 10.7 Å². The summed E-state index contributed by atoms with van der Waals surface area (Å²) in [6.45, 7) is 4.72. The molecule has 0 bridgehead atoms. The minimum atomic E-state index is -0.248. The number of halogens is 1. The van der Waals surface area contributed by atoms with Gasteiger partial charge in [0, 0.05) is 18.6 Å². The standard InChI is InChI=1S/C21H28FN7/c1-12(2)17-18-19(29-28-17)20(24-11-13-7-9-14(22)10-8-13)27-21(26-18)25-16-6-4-3-5-15(16)23/h7-10,12,15-16H,3-6,11,23H2,1-2H3,(H,28,29)(H2,24,25,26,27). The number of hydrogen-bond acceptors (Lipinski definition) is 6. The maximum atomic E-state index is 13.2. The predicted molar refractivity (Wildman–Crippen MR) is 113 cm³/mol. The van der Waals surface area contributed by atoms with Crippen LogP contribution in [-0.2, 0) is 6.54 Å². The van der Waals surface area contributed by atoms with Crippen molar-refractivity contribution in [2.75, 3.05) is 10.6 Å². The summed E-state index contributed by atoms with van der Waals surface area (Å²) in [7, 11) is 0. The molecule has 4 rings (SSSR count). The Hall–Kier alpha value is -2.74. The highest BCUT2D eigenvalue weighted by atomic mass is 19.1. The maximum absolute atomic E-state index is 13.2. The molecule has 2 unspecified atom stereocenters. The van der Waals surface area contributed by atoms with Crippen LogP contribution >= 0.6 is 0 Å². The molecule has 29 heavy (non-hydrogen) atoms. The highest BCUT2D eigenvalue weighted by Gasteiger charge is 2.24. The van der Waals surface area contributed by atoms with Gasteiger partial charge in [0.1, 0.15) is 11.3 Å². The van der Waals surface area contributed by atoms with Crippen LogP contribution in [0.25, 0.3) is 11.0 Å². The van der Waals surface area contributed by atoms with Crippen LogP contribution in [0.4, 0.5) is 16.2 Å². The van der Waals surface area contributed by atoms with Crippen molar-refractivity contribution in [2.24, 2.45) is 5.73 Å². The number of nitrogens with one attached hydrogen (secondary N) is 3. The van der Waals surface area contributed by atoms with E-state index in [-0.39, 0.29) is 23.8 Å². The van der Waals surface area contributed by atoms with E-state index in [1.165, 1.54) is 18.6 Å². The van der Waals surface area contributed by atoms with E-state index < -0.39 is 0 Å². The highest BCUT2D eigenvalue weighted by molar-refractivity contribution is 5.88. The minimum Gasteiger partial charge on any atom is -0.364 e. The van der Waals surface area contributed by atoms with E-state index in [0.29, 0.717) is 23.8 Å². The van der Waals surface area contributed by atoms with E-state index in [1.54, 1.807) is 12.1 Å². The van der Waals surface area contributed by atoms with Crippen LogP contribution in [0.3, 0.4) is 0 Å². The summed E-state index contributed by atoms with van der Waals surface area (Å²) in [6, 6.07) is 6.69. The Balaban J connectivity index is 1.64. The predicted octanol–water partition coefficient (Wildman–Crippen LogP) is 3.91. The summed E-state index contributed by atoms with van der Waals surface area (Å²) in [5, 5.41) is 14.3. The van der Waals surface area contributed by atoms with Crippen molar-refractivity contribution < 1.29 is 4.39 Å². The van der Waals surface area contributed by atoms with Crippen LogP contribution in [0.1, 0.15) is 56.7 Å². The quantitative estimate of drug-likeness (QED) is 0.503. The fourth-order valence-electron chi connectivity index (χ4n) is 3.80. The molecule has 3 aromatic rings. The van der Waals surface area contributed by atoms with Crippen molar-refractivity contribution >= 4 is 22.8 Å². The lowest BCUT2D eigenvalue weighted by molar-refractivity contribution is 0.402. The van der Waals surface area contributed by atoms with Gasteiger partial charge in [0.2, 0.25) is 5.95 Å². The zero-order chi connectivity index (χ0) is 20.4. The lowest BCUT2D eigenvalue weighted by atomic mass is 9.91.